The number of esters is 1. The zero-order valence-corrected chi connectivity index (χ0v) is 9.20. The van der Waals surface area contributed by atoms with Gasteiger partial charge in [-0.05, 0) is 25.5 Å². The molecule has 0 amide bonds. The molecule has 1 aromatic rings. The predicted octanol–water partition coefficient (Wildman–Crippen LogP) is 2.38. The minimum Gasteiger partial charge on any atom is -0.465 e. The van der Waals surface area contributed by atoms with Crippen molar-refractivity contribution in [2.45, 2.75) is 19.3 Å². The van der Waals surface area contributed by atoms with Crippen LogP contribution >= 0.6 is 0 Å². The largest absolute Gasteiger partial charge is 0.465 e. The summed E-state index contributed by atoms with van der Waals surface area (Å²) in [4.78, 5) is 11.5. The lowest BCUT2D eigenvalue weighted by molar-refractivity contribution is 0.0598. The van der Waals surface area contributed by atoms with Crippen LogP contribution < -0.4 is 0 Å². The molecule has 0 aliphatic carbocycles. The van der Waals surface area contributed by atoms with Gasteiger partial charge in [0.15, 0.2) is 0 Å². The molecule has 0 aromatic heterocycles. The lowest BCUT2D eigenvalue weighted by Crippen LogP contribution is -2.19. The molecule has 0 unspecified atom stereocenters. The van der Waals surface area contributed by atoms with Gasteiger partial charge < -0.3 is 4.74 Å². The number of hydrogen-bond donors (Lipinski definition) is 0. The first-order valence-electron chi connectivity index (χ1n) is 4.68. The second-order valence-corrected chi connectivity index (χ2v) is 3.81. The highest BCUT2D eigenvalue weighted by Gasteiger charge is 2.23. The molecule has 0 heterocycles. The molecule has 2 heteroatoms. The van der Waals surface area contributed by atoms with Gasteiger partial charge in [0.2, 0.25) is 0 Å². The van der Waals surface area contributed by atoms with E-state index in [4.69, 9.17) is 11.2 Å². The fourth-order valence-corrected chi connectivity index (χ4v) is 1.39. The van der Waals surface area contributed by atoms with Crippen LogP contribution in [0.2, 0.25) is 0 Å². The van der Waals surface area contributed by atoms with E-state index in [1.54, 1.807) is 12.1 Å². The minimum absolute atomic E-state index is 0.353. The second-order valence-electron chi connectivity index (χ2n) is 3.81. The maximum absolute atomic E-state index is 11.5. The van der Waals surface area contributed by atoms with Gasteiger partial charge in [-0.15, -0.1) is 6.42 Å². The number of methoxy groups -OCH3 is 1. The van der Waals surface area contributed by atoms with Crippen molar-refractivity contribution >= 4 is 5.97 Å². The van der Waals surface area contributed by atoms with E-state index >= 15 is 0 Å². The van der Waals surface area contributed by atoms with Crippen LogP contribution in [0.5, 0.6) is 0 Å². The van der Waals surface area contributed by atoms with Crippen LogP contribution in [0.3, 0.4) is 0 Å². The van der Waals surface area contributed by atoms with Gasteiger partial charge in [-0.2, -0.15) is 0 Å². The number of benzene rings is 1. The van der Waals surface area contributed by atoms with Gasteiger partial charge in [-0.25, -0.2) is 4.79 Å². The number of ether oxygens (including phenoxy) is 1. The van der Waals surface area contributed by atoms with Crippen LogP contribution in [-0.4, -0.2) is 13.1 Å². The van der Waals surface area contributed by atoms with E-state index in [0.29, 0.717) is 5.56 Å². The fourth-order valence-electron chi connectivity index (χ4n) is 1.39. The monoisotopic (exact) mass is 202 g/mol. The van der Waals surface area contributed by atoms with Gasteiger partial charge in [-0.3, -0.25) is 0 Å². The molecule has 78 valence electrons. The third-order valence-corrected chi connectivity index (χ3v) is 2.37. The van der Waals surface area contributed by atoms with E-state index in [1.165, 1.54) is 7.11 Å². The summed E-state index contributed by atoms with van der Waals surface area (Å²) >= 11 is 0. The molecule has 0 saturated carbocycles. The molecule has 0 aliphatic heterocycles. The van der Waals surface area contributed by atoms with Crippen molar-refractivity contribution in [3.05, 3.63) is 35.4 Å². The molecule has 1 aromatic carbocycles. The van der Waals surface area contributed by atoms with Crippen molar-refractivity contribution in [1.82, 2.24) is 0 Å². The minimum atomic E-state index is -0.467. The third-order valence-electron chi connectivity index (χ3n) is 2.37. The van der Waals surface area contributed by atoms with E-state index < -0.39 is 5.41 Å². The van der Waals surface area contributed by atoms with Crippen LogP contribution in [0.4, 0.5) is 0 Å². The first-order chi connectivity index (χ1) is 7.03. The number of hydrogen-bond acceptors (Lipinski definition) is 2. The Balaban J connectivity index is 3.31. The number of terminal acetylenes is 1. The van der Waals surface area contributed by atoms with Gasteiger partial charge in [0.05, 0.1) is 18.1 Å². The summed E-state index contributed by atoms with van der Waals surface area (Å²) in [6.45, 7) is 3.80. The molecule has 0 radical (unpaired) electrons. The second kappa shape index (κ2) is 4.18. The lowest BCUT2D eigenvalue weighted by atomic mass is 9.82. The van der Waals surface area contributed by atoms with Crippen molar-refractivity contribution in [2.24, 2.45) is 0 Å². The zero-order valence-electron chi connectivity index (χ0n) is 9.20. The Morgan fingerprint density at radius 2 is 2.00 bits per heavy atom. The normalized spacial score (nSPS) is 10.5. The Kier molecular flexibility index (Phi) is 3.16. The molecule has 0 bridgehead atoms. The SMILES string of the molecule is C#CC(C)(C)c1ccccc1C(=O)OC. The molecule has 0 fully saturated rings. The summed E-state index contributed by atoms with van der Waals surface area (Å²) in [5, 5.41) is 0. The van der Waals surface area contributed by atoms with Gasteiger partial charge in [0, 0.05) is 0 Å². The molecule has 0 saturated heterocycles. The lowest BCUT2D eigenvalue weighted by Gasteiger charge is -2.20. The molecule has 0 N–H and O–H groups in total. The molecular formula is C13H14O2. The van der Waals surface area contributed by atoms with Crippen LogP contribution in [0, 0.1) is 12.3 Å². The average molecular weight is 202 g/mol. The van der Waals surface area contributed by atoms with Crippen molar-refractivity contribution in [3.8, 4) is 12.3 Å². The molecule has 15 heavy (non-hydrogen) atoms. The van der Waals surface area contributed by atoms with E-state index in [-0.39, 0.29) is 5.97 Å². The van der Waals surface area contributed by atoms with Crippen LogP contribution in [0.1, 0.15) is 29.8 Å². The first-order valence-corrected chi connectivity index (χ1v) is 4.68. The maximum Gasteiger partial charge on any atom is 0.338 e. The Morgan fingerprint density at radius 1 is 1.40 bits per heavy atom. The van der Waals surface area contributed by atoms with Gasteiger partial charge >= 0.3 is 5.97 Å². The fraction of sp³-hybridized carbons (Fsp3) is 0.308. The van der Waals surface area contributed by atoms with Gasteiger partial charge in [-0.1, -0.05) is 24.1 Å². The Hall–Kier alpha value is -1.75. The Morgan fingerprint density at radius 3 is 2.53 bits per heavy atom. The highest BCUT2D eigenvalue weighted by atomic mass is 16.5. The van der Waals surface area contributed by atoms with Crippen molar-refractivity contribution < 1.29 is 9.53 Å². The molecule has 1 rings (SSSR count). The molecule has 0 atom stereocenters. The summed E-state index contributed by atoms with van der Waals surface area (Å²) in [5.41, 5.74) is 0.882. The van der Waals surface area contributed by atoms with E-state index in [0.717, 1.165) is 5.56 Å². The first kappa shape index (κ1) is 11.3. The van der Waals surface area contributed by atoms with Crippen LogP contribution in [0.25, 0.3) is 0 Å². The summed E-state index contributed by atoms with van der Waals surface area (Å²) in [6, 6.07) is 7.23. The molecular weight excluding hydrogens is 188 g/mol. The smallest absolute Gasteiger partial charge is 0.338 e. The van der Waals surface area contributed by atoms with Crippen LogP contribution in [-0.2, 0) is 10.2 Å². The van der Waals surface area contributed by atoms with E-state index in [1.807, 2.05) is 26.0 Å². The third kappa shape index (κ3) is 2.19. The van der Waals surface area contributed by atoms with Crippen molar-refractivity contribution in [2.75, 3.05) is 7.11 Å². The Bertz CT molecular complexity index is 411. The van der Waals surface area contributed by atoms with Crippen LogP contribution in [0.15, 0.2) is 24.3 Å². The maximum atomic E-state index is 11.5. The standard InChI is InChI=1S/C13H14O2/c1-5-13(2,3)11-9-7-6-8-10(11)12(14)15-4/h1,6-9H,2-4H3. The van der Waals surface area contributed by atoms with Crippen molar-refractivity contribution in [1.29, 1.82) is 0 Å². The summed E-state index contributed by atoms with van der Waals surface area (Å²) in [7, 11) is 1.36. The highest BCUT2D eigenvalue weighted by molar-refractivity contribution is 5.91. The summed E-state index contributed by atoms with van der Waals surface area (Å²) < 4.78 is 4.71. The Labute approximate surface area is 90.3 Å². The average Bonchev–Trinajstić information content (AvgIpc) is 2.28. The quantitative estimate of drug-likeness (QED) is 0.543. The summed E-state index contributed by atoms with van der Waals surface area (Å²) in [6.07, 6.45) is 5.45. The van der Waals surface area contributed by atoms with Crippen molar-refractivity contribution in [3.63, 3.8) is 0 Å². The molecule has 0 spiro atoms. The number of carbonyl (C=O) groups excluding carboxylic acids is 1. The topological polar surface area (TPSA) is 26.3 Å². The van der Waals surface area contributed by atoms with E-state index in [2.05, 4.69) is 5.92 Å². The zero-order chi connectivity index (χ0) is 11.5. The highest BCUT2D eigenvalue weighted by Crippen LogP contribution is 2.25. The summed E-state index contributed by atoms with van der Waals surface area (Å²) in [5.74, 6) is 2.32. The number of carbonyl (C=O) groups is 1. The predicted molar refractivity (Wildman–Crippen MR) is 59.6 cm³/mol. The molecule has 2 nitrogen and oxygen atoms in total. The number of rotatable bonds is 2. The van der Waals surface area contributed by atoms with E-state index in [9.17, 15) is 4.79 Å². The molecule has 0 aliphatic rings. The van der Waals surface area contributed by atoms with Gasteiger partial charge in [0.25, 0.3) is 0 Å². The van der Waals surface area contributed by atoms with Gasteiger partial charge in [0.1, 0.15) is 0 Å².